The fraction of sp³-hybridized carbons (Fsp3) is 0.600. The van der Waals surface area contributed by atoms with Crippen molar-refractivity contribution in [1.82, 2.24) is 5.32 Å². The SMILES string of the molecule is C/C=C(\C)CNC/C(CN)=C(\C)N. The van der Waals surface area contributed by atoms with Crippen LogP contribution in [0.15, 0.2) is 22.9 Å². The summed E-state index contributed by atoms with van der Waals surface area (Å²) in [6.07, 6.45) is 2.09. The minimum atomic E-state index is 0.532. The smallest absolute Gasteiger partial charge is 0.0200 e. The molecule has 0 aromatic heterocycles. The van der Waals surface area contributed by atoms with Crippen LogP contribution in [0.5, 0.6) is 0 Å². The summed E-state index contributed by atoms with van der Waals surface area (Å²) in [5.74, 6) is 0. The molecule has 0 radical (unpaired) electrons. The molecule has 5 N–H and O–H groups in total. The number of nitrogens with two attached hydrogens (primary N) is 2. The summed E-state index contributed by atoms with van der Waals surface area (Å²) in [5.41, 5.74) is 14.4. The molecule has 0 amide bonds. The summed E-state index contributed by atoms with van der Waals surface area (Å²) in [5, 5.41) is 3.28. The average molecular weight is 183 g/mol. The second-order valence-corrected chi connectivity index (χ2v) is 3.23. The van der Waals surface area contributed by atoms with Crippen LogP contribution in [0.3, 0.4) is 0 Å². The Kier molecular flexibility index (Phi) is 6.28. The van der Waals surface area contributed by atoms with Gasteiger partial charge in [-0.05, 0) is 26.3 Å². The zero-order chi connectivity index (χ0) is 10.3. The molecule has 13 heavy (non-hydrogen) atoms. The Bertz CT molecular complexity index is 200. The van der Waals surface area contributed by atoms with Gasteiger partial charge in [0.05, 0.1) is 0 Å². The number of rotatable bonds is 5. The van der Waals surface area contributed by atoms with Crippen LogP contribution >= 0.6 is 0 Å². The van der Waals surface area contributed by atoms with Gasteiger partial charge in [0.15, 0.2) is 0 Å². The van der Waals surface area contributed by atoms with Gasteiger partial charge in [-0.1, -0.05) is 11.6 Å². The lowest BCUT2D eigenvalue weighted by molar-refractivity contribution is 0.769. The quantitative estimate of drug-likeness (QED) is 0.551. The van der Waals surface area contributed by atoms with Crippen molar-refractivity contribution in [3.63, 3.8) is 0 Å². The van der Waals surface area contributed by atoms with Crippen LogP contribution in [0, 0.1) is 0 Å². The minimum absolute atomic E-state index is 0.532. The summed E-state index contributed by atoms with van der Waals surface area (Å²) in [6, 6.07) is 0. The largest absolute Gasteiger partial charge is 0.402 e. The van der Waals surface area contributed by atoms with E-state index in [0.717, 1.165) is 24.4 Å². The molecule has 0 unspecified atom stereocenters. The van der Waals surface area contributed by atoms with E-state index in [2.05, 4.69) is 18.3 Å². The Morgan fingerprint density at radius 3 is 2.31 bits per heavy atom. The first-order valence-electron chi connectivity index (χ1n) is 4.58. The molecule has 0 fully saturated rings. The highest BCUT2D eigenvalue weighted by Crippen LogP contribution is 1.95. The van der Waals surface area contributed by atoms with Crippen molar-refractivity contribution in [3.8, 4) is 0 Å². The zero-order valence-electron chi connectivity index (χ0n) is 8.85. The van der Waals surface area contributed by atoms with E-state index in [0.29, 0.717) is 6.54 Å². The minimum Gasteiger partial charge on any atom is -0.402 e. The first-order valence-corrected chi connectivity index (χ1v) is 4.58. The standard InChI is InChI=1S/C10H21N3/c1-4-8(2)6-13-7-10(5-11)9(3)12/h4,13H,5-7,11-12H2,1-3H3/b8-4+,10-9+. The van der Waals surface area contributed by atoms with Crippen molar-refractivity contribution in [1.29, 1.82) is 0 Å². The monoisotopic (exact) mass is 183 g/mol. The number of nitrogens with one attached hydrogen (secondary N) is 1. The summed E-state index contributed by atoms with van der Waals surface area (Å²) in [7, 11) is 0. The van der Waals surface area contributed by atoms with E-state index in [9.17, 15) is 0 Å². The molecular formula is C10H21N3. The van der Waals surface area contributed by atoms with Crippen LogP contribution in [-0.2, 0) is 0 Å². The first-order chi connectivity index (χ1) is 6.11. The number of hydrogen-bond acceptors (Lipinski definition) is 3. The van der Waals surface area contributed by atoms with Gasteiger partial charge in [-0.15, -0.1) is 0 Å². The summed E-state index contributed by atoms with van der Waals surface area (Å²) >= 11 is 0. The third-order valence-electron chi connectivity index (χ3n) is 2.04. The van der Waals surface area contributed by atoms with Gasteiger partial charge in [0.1, 0.15) is 0 Å². The Balaban J connectivity index is 3.82. The molecule has 0 aliphatic carbocycles. The van der Waals surface area contributed by atoms with Crippen molar-refractivity contribution >= 4 is 0 Å². The van der Waals surface area contributed by atoms with Crippen LogP contribution < -0.4 is 16.8 Å². The molecule has 0 atom stereocenters. The first kappa shape index (κ1) is 12.2. The summed E-state index contributed by atoms with van der Waals surface area (Å²) in [4.78, 5) is 0. The Labute approximate surface area is 80.9 Å². The topological polar surface area (TPSA) is 64.1 Å². The maximum absolute atomic E-state index is 5.64. The van der Waals surface area contributed by atoms with Crippen LogP contribution in [-0.4, -0.2) is 19.6 Å². The molecule has 0 aliphatic heterocycles. The van der Waals surface area contributed by atoms with Crippen molar-refractivity contribution in [2.45, 2.75) is 20.8 Å². The number of allylic oxidation sites excluding steroid dienone is 2. The molecule has 0 heterocycles. The highest BCUT2D eigenvalue weighted by Gasteiger charge is 1.97. The maximum atomic E-state index is 5.64. The van der Waals surface area contributed by atoms with Crippen LogP contribution in [0.25, 0.3) is 0 Å². The predicted molar refractivity (Wildman–Crippen MR) is 58.2 cm³/mol. The van der Waals surface area contributed by atoms with Crippen LogP contribution in [0.4, 0.5) is 0 Å². The summed E-state index contributed by atoms with van der Waals surface area (Å²) in [6.45, 7) is 8.22. The lowest BCUT2D eigenvalue weighted by Crippen LogP contribution is -2.24. The highest BCUT2D eigenvalue weighted by molar-refractivity contribution is 5.12. The van der Waals surface area contributed by atoms with E-state index in [1.165, 1.54) is 5.57 Å². The Morgan fingerprint density at radius 1 is 1.31 bits per heavy atom. The van der Waals surface area contributed by atoms with Crippen LogP contribution in [0.2, 0.25) is 0 Å². The third kappa shape index (κ3) is 5.44. The molecule has 0 saturated heterocycles. The molecule has 0 saturated carbocycles. The van der Waals surface area contributed by atoms with Crippen LogP contribution in [0.1, 0.15) is 20.8 Å². The highest BCUT2D eigenvalue weighted by atomic mass is 14.9. The fourth-order valence-corrected chi connectivity index (χ4v) is 0.885. The van der Waals surface area contributed by atoms with E-state index in [4.69, 9.17) is 11.5 Å². The molecule has 76 valence electrons. The van der Waals surface area contributed by atoms with Gasteiger partial charge < -0.3 is 16.8 Å². The zero-order valence-corrected chi connectivity index (χ0v) is 8.85. The van der Waals surface area contributed by atoms with Crippen molar-refractivity contribution in [3.05, 3.63) is 22.9 Å². The summed E-state index contributed by atoms with van der Waals surface area (Å²) < 4.78 is 0. The van der Waals surface area contributed by atoms with E-state index >= 15 is 0 Å². The van der Waals surface area contributed by atoms with E-state index < -0.39 is 0 Å². The lowest BCUT2D eigenvalue weighted by Gasteiger charge is -2.08. The van der Waals surface area contributed by atoms with Gasteiger partial charge in [0.25, 0.3) is 0 Å². The van der Waals surface area contributed by atoms with Crippen molar-refractivity contribution in [2.75, 3.05) is 19.6 Å². The van der Waals surface area contributed by atoms with Gasteiger partial charge in [-0.25, -0.2) is 0 Å². The lowest BCUT2D eigenvalue weighted by atomic mass is 10.2. The Hall–Kier alpha value is -0.800. The van der Waals surface area contributed by atoms with Crippen molar-refractivity contribution < 1.29 is 0 Å². The fourth-order valence-electron chi connectivity index (χ4n) is 0.885. The predicted octanol–water partition coefficient (Wildman–Crippen LogP) is 0.734. The molecule has 3 heteroatoms. The molecule has 0 rings (SSSR count). The molecular weight excluding hydrogens is 162 g/mol. The second kappa shape index (κ2) is 6.69. The molecule has 3 nitrogen and oxygen atoms in total. The van der Waals surface area contributed by atoms with Gasteiger partial charge in [0.2, 0.25) is 0 Å². The number of hydrogen-bond donors (Lipinski definition) is 3. The second-order valence-electron chi connectivity index (χ2n) is 3.23. The average Bonchev–Trinajstić information content (AvgIpc) is 2.11. The molecule has 0 spiro atoms. The maximum Gasteiger partial charge on any atom is 0.0200 e. The Morgan fingerprint density at radius 2 is 1.92 bits per heavy atom. The molecule has 0 aromatic carbocycles. The van der Waals surface area contributed by atoms with Gasteiger partial charge in [0, 0.05) is 25.3 Å². The van der Waals surface area contributed by atoms with E-state index in [1.807, 2.05) is 13.8 Å². The van der Waals surface area contributed by atoms with E-state index in [-0.39, 0.29) is 0 Å². The molecule has 0 aliphatic rings. The third-order valence-corrected chi connectivity index (χ3v) is 2.04. The van der Waals surface area contributed by atoms with E-state index in [1.54, 1.807) is 0 Å². The van der Waals surface area contributed by atoms with Crippen molar-refractivity contribution in [2.24, 2.45) is 11.5 Å². The van der Waals surface area contributed by atoms with Gasteiger partial charge in [-0.3, -0.25) is 0 Å². The van der Waals surface area contributed by atoms with Gasteiger partial charge >= 0.3 is 0 Å². The molecule has 0 aromatic rings. The van der Waals surface area contributed by atoms with Gasteiger partial charge in [-0.2, -0.15) is 0 Å². The molecule has 0 bridgehead atoms. The normalized spacial score (nSPS) is 14.3.